The summed E-state index contributed by atoms with van der Waals surface area (Å²) in [6.07, 6.45) is -4.45. The van der Waals surface area contributed by atoms with Crippen molar-refractivity contribution >= 4 is 12.4 Å². The van der Waals surface area contributed by atoms with Crippen LogP contribution in [-0.4, -0.2) is 13.2 Å². The molecule has 1 N–H and O–H groups in total. The summed E-state index contributed by atoms with van der Waals surface area (Å²) in [6, 6.07) is 6.12. The number of nitrogens with one attached hydrogen (secondary N) is 1. The molecule has 2 rings (SSSR count). The third-order valence-corrected chi connectivity index (χ3v) is 2.43. The molecule has 0 bridgehead atoms. The van der Waals surface area contributed by atoms with Gasteiger partial charge in [0, 0.05) is 12.1 Å². The normalized spacial score (nSPS) is 16.5. The first-order valence-electron chi connectivity index (χ1n) is 4.74. The summed E-state index contributed by atoms with van der Waals surface area (Å²) in [5, 5.41) is 9.19. The zero-order chi connectivity index (χ0) is 11.8. The molecule has 1 aromatic rings. The van der Waals surface area contributed by atoms with Crippen molar-refractivity contribution in [2.45, 2.75) is 18.4 Å². The Morgan fingerprint density at radius 2 is 1.71 bits per heavy atom. The third-order valence-electron chi connectivity index (χ3n) is 2.43. The lowest BCUT2D eigenvalue weighted by molar-refractivity contribution is -0.166. The number of nitrogens with zero attached hydrogens (tertiary/aromatic N) is 2. The monoisotopic (exact) mass is 265 g/mol. The molecule has 0 saturated carbocycles. The summed E-state index contributed by atoms with van der Waals surface area (Å²) in [5.74, 6) is 0. The Morgan fingerprint density at radius 1 is 1.18 bits per heavy atom. The van der Waals surface area contributed by atoms with Crippen LogP contribution in [0.4, 0.5) is 13.2 Å². The van der Waals surface area contributed by atoms with Crippen molar-refractivity contribution in [3.63, 3.8) is 0 Å². The van der Waals surface area contributed by atoms with Gasteiger partial charge in [-0.1, -0.05) is 24.3 Å². The average molecular weight is 266 g/mol. The quantitative estimate of drug-likeness (QED) is 0.896. The van der Waals surface area contributed by atoms with Crippen molar-refractivity contribution in [2.24, 2.45) is 10.2 Å². The Labute approximate surface area is 103 Å². The summed E-state index contributed by atoms with van der Waals surface area (Å²) in [5.41, 5.74) is -1.31. The van der Waals surface area contributed by atoms with Gasteiger partial charge in [-0.05, 0) is 12.6 Å². The van der Waals surface area contributed by atoms with E-state index < -0.39 is 11.8 Å². The summed E-state index contributed by atoms with van der Waals surface area (Å²) in [6.45, 7) is 0.619. The molecule has 3 nitrogen and oxygen atoms in total. The van der Waals surface area contributed by atoms with Crippen molar-refractivity contribution < 1.29 is 13.2 Å². The molecule has 0 unspecified atom stereocenters. The van der Waals surface area contributed by atoms with Gasteiger partial charge >= 0.3 is 11.8 Å². The Morgan fingerprint density at radius 3 is 2.06 bits per heavy atom. The lowest BCUT2D eigenvalue weighted by Crippen LogP contribution is -2.30. The summed E-state index contributed by atoms with van der Waals surface area (Å²) >= 11 is 0. The minimum absolute atomic E-state index is 0. The number of hydrogen-bond donors (Lipinski definition) is 1. The van der Waals surface area contributed by atoms with E-state index in [1.807, 2.05) is 0 Å². The Hall–Kier alpha value is -1.14. The number of rotatable bonds is 3. The predicted molar refractivity (Wildman–Crippen MR) is 59.0 cm³/mol. The van der Waals surface area contributed by atoms with Gasteiger partial charge in [0.25, 0.3) is 0 Å². The lowest BCUT2D eigenvalue weighted by atomic mass is 10.0. The molecule has 17 heavy (non-hydrogen) atoms. The molecule has 7 heteroatoms. The molecule has 0 aromatic heterocycles. The minimum Gasteiger partial charge on any atom is -0.316 e. The van der Waals surface area contributed by atoms with E-state index in [0.29, 0.717) is 6.54 Å². The molecule has 0 radical (unpaired) electrons. The van der Waals surface area contributed by atoms with E-state index in [1.54, 1.807) is 19.2 Å². The maximum absolute atomic E-state index is 12.6. The van der Waals surface area contributed by atoms with Gasteiger partial charge in [-0.15, -0.1) is 22.6 Å². The maximum atomic E-state index is 12.6. The van der Waals surface area contributed by atoms with Gasteiger partial charge in [0.2, 0.25) is 0 Å². The Kier molecular flexibility index (Phi) is 3.78. The maximum Gasteiger partial charge on any atom is 0.442 e. The Balaban J connectivity index is 0.00000144. The van der Waals surface area contributed by atoms with Gasteiger partial charge in [0.1, 0.15) is 0 Å². The van der Waals surface area contributed by atoms with Crippen LogP contribution in [0.15, 0.2) is 34.5 Å². The lowest BCUT2D eigenvalue weighted by Gasteiger charge is -2.14. The van der Waals surface area contributed by atoms with E-state index in [4.69, 9.17) is 0 Å². The SMILES string of the molecule is CNCc1ccc(C2(C(F)(F)F)N=N2)cc1.Cl. The van der Waals surface area contributed by atoms with Crippen molar-refractivity contribution in [3.8, 4) is 0 Å². The van der Waals surface area contributed by atoms with Crippen LogP contribution in [-0.2, 0) is 12.2 Å². The highest BCUT2D eigenvalue weighted by Gasteiger charge is 2.65. The topological polar surface area (TPSA) is 36.8 Å². The highest BCUT2D eigenvalue weighted by Crippen LogP contribution is 2.52. The smallest absolute Gasteiger partial charge is 0.316 e. The van der Waals surface area contributed by atoms with Crippen LogP contribution in [0.2, 0.25) is 0 Å². The number of benzene rings is 1. The molecule has 0 amide bonds. The Bertz CT molecular complexity index is 408. The van der Waals surface area contributed by atoms with Crippen molar-refractivity contribution in [1.29, 1.82) is 0 Å². The summed E-state index contributed by atoms with van der Waals surface area (Å²) in [4.78, 5) is 0. The number of halogens is 4. The first kappa shape index (κ1) is 13.9. The molecular weight excluding hydrogens is 255 g/mol. The van der Waals surface area contributed by atoms with Crippen LogP contribution < -0.4 is 5.32 Å². The predicted octanol–water partition coefficient (Wildman–Crippen LogP) is 3.01. The zero-order valence-corrected chi connectivity index (χ0v) is 9.77. The van der Waals surface area contributed by atoms with Crippen molar-refractivity contribution in [2.75, 3.05) is 7.05 Å². The zero-order valence-electron chi connectivity index (χ0n) is 8.95. The minimum atomic E-state index is -4.45. The first-order valence-corrected chi connectivity index (χ1v) is 4.74. The molecule has 94 valence electrons. The van der Waals surface area contributed by atoms with Crippen LogP contribution in [0.1, 0.15) is 11.1 Å². The molecule has 1 aliphatic rings. The van der Waals surface area contributed by atoms with E-state index in [1.165, 1.54) is 12.1 Å². The van der Waals surface area contributed by atoms with Gasteiger partial charge in [0.05, 0.1) is 0 Å². The highest BCUT2D eigenvalue weighted by atomic mass is 35.5. The largest absolute Gasteiger partial charge is 0.442 e. The number of hydrogen-bond acceptors (Lipinski definition) is 3. The van der Waals surface area contributed by atoms with Gasteiger partial charge in [0.15, 0.2) is 0 Å². The average Bonchev–Trinajstić information content (AvgIpc) is 2.99. The van der Waals surface area contributed by atoms with E-state index in [2.05, 4.69) is 15.5 Å². The van der Waals surface area contributed by atoms with Crippen LogP contribution in [0.5, 0.6) is 0 Å². The molecular formula is C10H11ClF3N3. The molecule has 1 aromatic carbocycles. The first-order chi connectivity index (χ1) is 7.49. The van der Waals surface area contributed by atoms with Gasteiger partial charge in [-0.2, -0.15) is 13.2 Å². The fourth-order valence-corrected chi connectivity index (χ4v) is 1.50. The van der Waals surface area contributed by atoms with E-state index in [0.717, 1.165) is 5.56 Å². The van der Waals surface area contributed by atoms with Crippen molar-refractivity contribution in [3.05, 3.63) is 35.4 Å². The molecule has 1 aliphatic heterocycles. The molecule has 0 aliphatic carbocycles. The molecule has 0 spiro atoms. The second-order valence-corrected chi connectivity index (χ2v) is 3.60. The van der Waals surface area contributed by atoms with Gasteiger partial charge < -0.3 is 5.32 Å². The fourth-order valence-electron chi connectivity index (χ4n) is 1.50. The molecule has 0 fully saturated rings. The fraction of sp³-hybridized carbons (Fsp3) is 0.400. The van der Waals surface area contributed by atoms with Crippen LogP contribution in [0.25, 0.3) is 0 Å². The summed E-state index contributed by atoms with van der Waals surface area (Å²) < 4.78 is 37.9. The number of alkyl halides is 3. The second kappa shape index (κ2) is 4.62. The molecule has 0 atom stereocenters. The van der Waals surface area contributed by atoms with Gasteiger partial charge in [-0.25, -0.2) is 0 Å². The molecule has 0 saturated heterocycles. The molecule has 1 heterocycles. The van der Waals surface area contributed by atoms with E-state index >= 15 is 0 Å². The second-order valence-electron chi connectivity index (χ2n) is 3.60. The van der Waals surface area contributed by atoms with Crippen LogP contribution >= 0.6 is 12.4 Å². The van der Waals surface area contributed by atoms with Crippen LogP contribution in [0.3, 0.4) is 0 Å². The van der Waals surface area contributed by atoms with Crippen molar-refractivity contribution in [1.82, 2.24) is 5.32 Å². The summed E-state index contributed by atoms with van der Waals surface area (Å²) in [7, 11) is 1.77. The van der Waals surface area contributed by atoms with E-state index in [9.17, 15) is 13.2 Å². The standard InChI is InChI=1S/C10H10F3N3.ClH/c1-14-6-7-2-4-8(5-3-7)9(15-16-9)10(11,12)13;/h2-5,14H,6H2,1H3;1H. The highest BCUT2D eigenvalue weighted by molar-refractivity contribution is 5.85. The van der Waals surface area contributed by atoms with Crippen LogP contribution in [0, 0.1) is 0 Å². The van der Waals surface area contributed by atoms with Gasteiger partial charge in [-0.3, -0.25) is 0 Å². The van der Waals surface area contributed by atoms with E-state index in [-0.39, 0.29) is 18.0 Å². The third kappa shape index (κ3) is 2.42.